The largest absolute Gasteiger partial charge is 0.378 e. The molecule has 98 valence electrons. The highest BCUT2D eigenvalue weighted by atomic mass is 16.5. The predicted octanol–water partition coefficient (Wildman–Crippen LogP) is 2.08. The lowest BCUT2D eigenvalue weighted by Crippen LogP contribution is -2.37. The molecule has 1 heterocycles. The molecule has 3 nitrogen and oxygen atoms in total. The minimum Gasteiger partial charge on any atom is -0.378 e. The minimum atomic E-state index is 0.767. The summed E-state index contributed by atoms with van der Waals surface area (Å²) in [6.07, 6.45) is 2.69. The van der Waals surface area contributed by atoms with Crippen LogP contribution in [0.15, 0.2) is 18.2 Å². The fourth-order valence-corrected chi connectivity index (χ4v) is 2.51. The van der Waals surface area contributed by atoms with Gasteiger partial charge in [0, 0.05) is 31.4 Å². The molecule has 1 aliphatic heterocycles. The van der Waals surface area contributed by atoms with Crippen molar-refractivity contribution in [1.82, 2.24) is 5.32 Å². The highest BCUT2D eigenvalue weighted by molar-refractivity contribution is 5.55. The van der Waals surface area contributed by atoms with Crippen molar-refractivity contribution in [3.63, 3.8) is 0 Å². The first-order chi connectivity index (χ1) is 8.83. The van der Waals surface area contributed by atoms with E-state index in [2.05, 4.69) is 35.3 Å². The van der Waals surface area contributed by atoms with Gasteiger partial charge in [0.1, 0.15) is 0 Å². The number of rotatable bonds is 4. The summed E-state index contributed by atoms with van der Waals surface area (Å²) in [5.74, 6) is 0. The fourth-order valence-electron chi connectivity index (χ4n) is 2.51. The monoisotopic (exact) mass is 246 g/mol. The van der Waals surface area contributed by atoms with Crippen molar-refractivity contribution in [2.75, 3.05) is 31.2 Å². The maximum atomic E-state index is 5.44. The van der Waals surface area contributed by atoms with E-state index in [0.717, 1.165) is 38.9 Å². The van der Waals surface area contributed by atoms with Gasteiger partial charge in [-0.05, 0) is 31.4 Å². The van der Waals surface area contributed by atoms with E-state index in [1.807, 2.05) is 0 Å². The third-order valence-corrected chi connectivity index (χ3v) is 3.75. The Kier molecular flexibility index (Phi) is 3.52. The van der Waals surface area contributed by atoms with Gasteiger partial charge in [0.2, 0.25) is 0 Å². The molecule has 0 atom stereocenters. The molecule has 3 rings (SSSR count). The van der Waals surface area contributed by atoms with Gasteiger partial charge in [-0.25, -0.2) is 0 Å². The van der Waals surface area contributed by atoms with Crippen molar-refractivity contribution < 1.29 is 4.74 Å². The van der Waals surface area contributed by atoms with E-state index in [9.17, 15) is 0 Å². The van der Waals surface area contributed by atoms with Gasteiger partial charge in [0.05, 0.1) is 13.2 Å². The van der Waals surface area contributed by atoms with Crippen LogP contribution in [0.5, 0.6) is 0 Å². The summed E-state index contributed by atoms with van der Waals surface area (Å²) in [5, 5.41) is 3.62. The molecular formula is C15H22N2O. The van der Waals surface area contributed by atoms with E-state index in [1.165, 1.54) is 29.7 Å². The Morgan fingerprint density at radius 2 is 2.06 bits per heavy atom. The van der Waals surface area contributed by atoms with E-state index in [1.54, 1.807) is 0 Å². The van der Waals surface area contributed by atoms with Gasteiger partial charge >= 0.3 is 0 Å². The van der Waals surface area contributed by atoms with E-state index in [4.69, 9.17) is 4.74 Å². The molecule has 1 aromatic rings. The Morgan fingerprint density at radius 3 is 2.78 bits per heavy atom. The Bertz CT molecular complexity index is 409. The number of benzene rings is 1. The SMILES string of the molecule is Cc1ccc(N2CCOCC2)c(CNC2CC2)c1. The molecule has 2 fully saturated rings. The highest BCUT2D eigenvalue weighted by Gasteiger charge is 2.21. The molecule has 1 saturated heterocycles. The predicted molar refractivity (Wildman–Crippen MR) is 74.1 cm³/mol. The molecule has 1 aromatic carbocycles. The molecule has 18 heavy (non-hydrogen) atoms. The van der Waals surface area contributed by atoms with Gasteiger partial charge < -0.3 is 15.0 Å². The third kappa shape index (κ3) is 2.85. The Labute approximate surface area is 109 Å². The number of anilines is 1. The zero-order valence-corrected chi connectivity index (χ0v) is 11.1. The average Bonchev–Trinajstić information content (AvgIpc) is 3.21. The van der Waals surface area contributed by atoms with Gasteiger partial charge in [-0.2, -0.15) is 0 Å². The van der Waals surface area contributed by atoms with E-state index >= 15 is 0 Å². The van der Waals surface area contributed by atoms with Crippen molar-refractivity contribution >= 4 is 5.69 Å². The second kappa shape index (κ2) is 5.29. The summed E-state index contributed by atoms with van der Waals surface area (Å²) in [5.41, 5.74) is 4.17. The van der Waals surface area contributed by atoms with E-state index < -0.39 is 0 Å². The normalized spacial score (nSPS) is 20.2. The van der Waals surface area contributed by atoms with E-state index in [0.29, 0.717) is 0 Å². The maximum Gasteiger partial charge on any atom is 0.0642 e. The molecule has 0 unspecified atom stereocenters. The van der Waals surface area contributed by atoms with Gasteiger partial charge in [-0.1, -0.05) is 17.7 Å². The first kappa shape index (κ1) is 12.0. The molecule has 0 bridgehead atoms. The average molecular weight is 246 g/mol. The Morgan fingerprint density at radius 1 is 1.28 bits per heavy atom. The number of ether oxygens (including phenoxy) is 1. The molecule has 1 aliphatic carbocycles. The van der Waals surface area contributed by atoms with Crippen molar-refractivity contribution in [1.29, 1.82) is 0 Å². The van der Waals surface area contributed by atoms with Crippen LogP contribution in [0.4, 0.5) is 5.69 Å². The van der Waals surface area contributed by atoms with Gasteiger partial charge in [0.15, 0.2) is 0 Å². The molecule has 0 spiro atoms. The summed E-state index contributed by atoms with van der Waals surface area (Å²) < 4.78 is 5.44. The second-order valence-electron chi connectivity index (χ2n) is 5.39. The van der Waals surface area contributed by atoms with Crippen LogP contribution in [-0.4, -0.2) is 32.3 Å². The molecular weight excluding hydrogens is 224 g/mol. The zero-order chi connectivity index (χ0) is 12.4. The van der Waals surface area contributed by atoms with Crippen LogP contribution in [-0.2, 0) is 11.3 Å². The Balaban J connectivity index is 1.76. The molecule has 1 N–H and O–H groups in total. The lowest BCUT2D eigenvalue weighted by molar-refractivity contribution is 0.122. The Hall–Kier alpha value is -1.06. The minimum absolute atomic E-state index is 0.767. The van der Waals surface area contributed by atoms with Crippen LogP contribution in [0.25, 0.3) is 0 Å². The topological polar surface area (TPSA) is 24.5 Å². The molecule has 0 radical (unpaired) electrons. The molecule has 1 saturated carbocycles. The van der Waals surface area contributed by atoms with Crippen LogP contribution in [0.3, 0.4) is 0 Å². The highest BCUT2D eigenvalue weighted by Crippen LogP contribution is 2.25. The van der Waals surface area contributed by atoms with Crippen LogP contribution >= 0.6 is 0 Å². The van der Waals surface area contributed by atoms with Crippen molar-refractivity contribution in [2.45, 2.75) is 32.4 Å². The van der Waals surface area contributed by atoms with Crippen LogP contribution in [0.1, 0.15) is 24.0 Å². The standard InChI is InChI=1S/C15H22N2O/c1-12-2-5-15(17-6-8-18-9-7-17)13(10-12)11-16-14-3-4-14/h2,5,10,14,16H,3-4,6-9,11H2,1H3. The first-order valence-electron chi connectivity index (χ1n) is 6.98. The summed E-state index contributed by atoms with van der Waals surface area (Å²) in [4.78, 5) is 2.45. The van der Waals surface area contributed by atoms with Gasteiger partial charge in [-0.3, -0.25) is 0 Å². The number of aryl methyl sites for hydroxylation is 1. The fraction of sp³-hybridized carbons (Fsp3) is 0.600. The van der Waals surface area contributed by atoms with Crippen molar-refractivity contribution in [2.24, 2.45) is 0 Å². The van der Waals surface area contributed by atoms with Crippen LogP contribution in [0, 0.1) is 6.92 Å². The summed E-state index contributed by atoms with van der Waals surface area (Å²) in [7, 11) is 0. The number of morpholine rings is 1. The number of hydrogen-bond acceptors (Lipinski definition) is 3. The summed E-state index contributed by atoms with van der Waals surface area (Å²) >= 11 is 0. The van der Waals surface area contributed by atoms with Crippen LogP contribution < -0.4 is 10.2 Å². The lowest BCUT2D eigenvalue weighted by Gasteiger charge is -2.31. The molecule has 0 amide bonds. The first-order valence-corrected chi connectivity index (χ1v) is 6.98. The van der Waals surface area contributed by atoms with Crippen molar-refractivity contribution in [3.05, 3.63) is 29.3 Å². The molecule has 0 aromatic heterocycles. The zero-order valence-electron chi connectivity index (χ0n) is 11.1. The third-order valence-electron chi connectivity index (χ3n) is 3.75. The smallest absolute Gasteiger partial charge is 0.0642 e. The van der Waals surface area contributed by atoms with Crippen LogP contribution in [0.2, 0.25) is 0 Å². The molecule has 2 aliphatic rings. The number of nitrogens with zero attached hydrogens (tertiary/aromatic N) is 1. The van der Waals surface area contributed by atoms with Crippen molar-refractivity contribution in [3.8, 4) is 0 Å². The summed E-state index contributed by atoms with van der Waals surface area (Å²) in [6.45, 7) is 6.90. The lowest BCUT2D eigenvalue weighted by atomic mass is 10.1. The van der Waals surface area contributed by atoms with Gasteiger partial charge in [0.25, 0.3) is 0 Å². The second-order valence-corrected chi connectivity index (χ2v) is 5.39. The number of hydrogen-bond donors (Lipinski definition) is 1. The molecule has 3 heteroatoms. The number of nitrogens with one attached hydrogen (secondary N) is 1. The van der Waals surface area contributed by atoms with Gasteiger partial charge in [-0.15, -0.1) is 0 Å². The quantitative estimate of drug-likeness (QED) is 0.880. The van der Waals surface area contributed by atoms with E-state index in [-0.39, 0.29) is 0 Å². The summed E-state index contributed by atoms with van der Waals surface area (Å²) in [6, 6.07) is 7.57. The maximum absolute atomic E-state index is 5.44.